The quantitative estimate of drug-likeness (QED) is 0.109. The molecular weight excluding hydrogens is 865 g/mol. The van der Waals surface area contributed by atoms with Gasteiger partial charge in [-0.25, -0.2) is 9.59 Å². The van der Waals surface area contributed by atoms with Gasteiger partial charge in [0.05, 0.1) is 46.1 Å². The van der Waals surface area contributed by atoms with E-state index in [2.05, 4.69) is 10.2 Å². The predicted octanol–water partition coefficient (Wildman–Crippen LogP) is 7.84. The van der Waals surface area contributed by atoms with Gasteiger partial charge in [0.2, 0.25) is 5.89 Å². The highest BCUT2D eigenvalue weighted by Gasteiger charge is 2.39. The number of hydrogen-bond donors (Lipinski definition) is 1. The molecule has 5 aromatic rings. The third-order valence-corrected chi connectivity index (χ3v) is 10.1. The summed E-state index contributed by atoms with van der Waals surface area (Å²) < 4.78 is 90.3. The molecule has 0 aliphatic carbocycles. The minimum atomic E-state index is -5.05. The first-order valence-electron chi connectivity index (χ1n) is 20.3. The molecule has 344 valence electrons. The summed E-state index contributed by atoms with van der Waals surface area (Å²) in [5.74, 6) is -4.43. The zero-order valence-electron chi connectivity index (χ0n) is 35.3. The number of hydrogen-bond acceptors (Lipinski definition) is 9. The number of nitrogens with zero attached hydrogens (tertiary/aromatic N) is 6. The summed E-state index contributed by atoms with van der Waals surface area (Å²) in [6.45, 7) is 7.56. The van der Waals surface area contributed by atoms with Crippen molar-refractivity contribution in [2.24, 2.45) is 0 Å². The highest BCUT2D eigenvalue weighted by Crippen LogP contribution is 2.31. The van der Waals surface area contributed by atoms with Crippen molar-refractivity contribution >= 4 is 35.1 Å². The molecule has 2 aliphatic heterocycles. The van der Waals surface area contributed by atoms with Crippen LogP contribution < -0.4 is 15.1 Å². The fraction of sp³-hybridized carbons (Fsp3) is 0.333. The molecule has 14 nitrogen and oxygen atoms in total. The second kappa shape index (κ2) is 21.3. The molecule has 3 heterocycles. The van der Waals surface area contributed by atoms with Crippen LogP contribution in [0, 0.1) is 13.8 Å². The number of morpholine rings is 2. The van der Waals surface area contributed by atoms with Crippen LogP contribution in [0.2, 0.25) is 0 Å². The van der Waals surface area contributed by atoms with Crippen molar-refractivity contribution < 1.29 is 59.4 Å². The number of carbonyl (C=O) groups is 4. The fourth-order valence-corrected chi connectivity index (χ4v) is 6.71. The third kappa shape index (κ3) is 13.1. The lowest BCUT2D eigenvalue weighted by molar-refractivity contribution is -0.173. The van der Waals surface area contributed by atoms with Crippen molar-refractivity contribution in [3.05, 3.63) is 131 Å². The maximum atomic E-state index is 13.3. The lowest BCUT2D eigenvalue weighted by atomic mass is 10.1. The Kier molecular flexibility index (Phi) is 15.6. The van der Waals surface area contributed by atoms with Crippen molar-refractivity contribution in [1.82, 2.24) is 25.3 Å². The Morgan fingerprint density at radius 3 is 1.52 bits per heavy atom. The van der Waals surface area contributed by atoms with Crippen LogP contribution in [0.25, 0.3) is 11.5 Å². The van der Waals surface area contributed by atoms with Crippen molar-refractivity contribution in [3.8, 4) is 11.5 Å². The number of nitrogens with one attached hydrogen (secondary N) is 1. The smallest absolute Gasteiger partial charge is 0.413 e. The summed E-state index contributed by atoms with van der Waals surface area (Å²) in [6.07, 6.45) is -9.74. The summed E-state index contributed by atoms with van der Waals surface area (Å²) in [7, 11) is 0. The van der Waals surface area contributed by atoms with Gasteiger partial charge in [0.15, 0.2) is 5.78 Å². The summed E-state index contributed by atoms with van der Waals surface area (Å²) in [5.41, 5.74) is 5.55. The summed E-state index contributed by atoms with van der Waals surface area (Å²) in [6, 6.07) is 27.7. The number of rotatable bonds is 10. The van der Waals surface area contributed by atoms with Crippen LogP contribution in [-0.4, -0.2) is 109 Å². The number of anilines is 2. The van der Waals surface area contributed by atoms with Crippen molar-refractivity contribution in [1.29, 1.82) is 0 Å². The van der Waals surface area contributed by atoms with Gasteiger partial charge in [-0.15, -0.1) is 10.2 Å². The Bertz CT molecular complexity index is 2420. The number of benzene rings is 4. The van der Waals surface area contributed by atoms with Crippen molar-refractivity contribution in [2.45, 2.75) is 39.3 Å². The predicted molar refractivity (Wildman–Crippen MR) is 225 cm³/mol. The SMILES string of the molecule is Cc1cccc(N(Cc2ccc(-c3nnc(C(F)(F)F)o3)cc2)C(=O)N2CCOCC2)c1.Cc1cccc(N(Cc2ccc(C(=O)CNC(=O)C(F)(F)F)cc2)C(=O)N2CCOCC2)c1. The molecule has 2 fully saturated rings. The zero-order chi connectivity index (χ0) is 46.7. The molecule has 0 atom stereocenters. The number of aryl methyl sites for hydroxylation is 2. The van der Waals surface area contributed by atoms with Gasteiger partial charge in [0.25, 0.3) is 0 Å². The first-order chi connectivity index (χ1) is 31.0. The van der Waals surface area contributed by atoms with E-state index in [0.717, 1.165) is 33.6 Å². The van der Waals surface area contributed by atoms with Gasteiger partial charge in [-0.05, 0) is 72.5 Å². The highest BCUT2D eigenvalue weighted by molar-refractivity contribution is 6.00. The molecule has 7 rings (SSSR count). The van der Waals surface area contributed by atoms with Crippen molar-refractivity contribution in [3.63, 3.8) is 0 Å². The number of Topliss-reactive ketones (excluding diaryl/α,β-unsaturated/α-hetero) is 1. The summed E-state index contributed by atoms with van der Waals surface area (Å²) >= 11 is 0. The zero-order valence-corrected chi connectivity index (χ0v) is 35.3. The lowest BCUT2D eigenvalue weighted by Gasteiger charge is -2.33. The molecule has 2 aliphatic rings. The number of ether oxygens (including phenoxy) is 2. The van der Waals surface area contributed by atoms with E-state index in [1.807, 2.05) is 62.4 Å². The van der Waals surface area contributed by atoms with Gasteiger partial charge in [-0.2, -0.15) is 26.3 Å². The first kappa shape index (κ1) is 47.7. The number of ketones is 1. The number of carbonyl (C=O) groups excluding carboxylic acids is 4. The normalized spacial score (nSPS) is 14.2. The van der Waals surface area contributed by atoms with Gasteiger partial charge in [0.1, 0.15) is 0 Å². The van der Waals surface area contributed by atoms with E-state index in [0.29, 0.717) is 58.2 Å². The Labute approximate surface area is 369 Å². The van der Waals surface area contributed by atoms with Gasteiger partial charge >= 0.3 is 36.2 Å². The number of aromatic nitrogens is 2. The van der Waals surface area contributed by atoms with E-state index >= 15 is 0 Å². The molecule has 1 N–H and O–H groups in total. The average molecular weight is 910 g/mol. The molecule has 0 radical (unpaired) electrons. The number of alkyl halides is 6. The summed E-state index contributed by atoms with van der Waals surface area (Å²) in [4.78, 5) is 56.3. The molecule has 65 heavy (non-hydrogen) atoms. The third-order valence-electron chi connectivity index (χ3n) is 10.1. The minimum absolute atomic E-state index is 0.130. The number of amides is 5. The van der Waals surface area contributed by atoms with Gasteiger partial charge in [-0.3, -0.25) is 19.4 Å². The maximum Gasteiger partial charge on any atom is 0.471 e. The van der Waals surface area contributed by atoms with Crippen LogP contribution in [0.15, 0.2) is 101 Å². The van der Waals surface area contributed by atoms with E-state index in [4.69, 9.17) is 13.9 Å². The molecule has 4 aromatic carbocycles. The van der Waals surface area contributed by atoms with Gasteiger partial charge in [-0.1, -0.05) is 60.7 Å². The van der Waals surface area contributed by atoms with E-state index < -0.39 is 36.5 Å². The van der Waals surface area contributed by atoms with Gasteiger partial charge < -0.3 is 29.0 Å². The molecule has 0 spiro atoms. The fourth-order valence-electron chi connectivity index (χ4n) is 6.71. The van der Waals surface area contributed by atoms with Crippen LogP contribution in [0.4, 0.5) is 47.3 Å². The Hall–Kier alpha value is -6.80. The molecular formula is C45H45F6N7O7. The number of urea groups is 2. The monoisotopic (exact) mass is 909 g/mol. The van der Waals surface area contributed by atoms with Crippen molar-refractivity contribution in [2.75, 3.05) is 69.0 Å². The average Bonchev–Trinajstić information content (AvgIpc) is 3.81. The topological polar surface area (TPSA) is 151 Å². The van der Waals surface area contributed by atoms with Crippen LogP contribution in [0.1, 0.15) is 38.5 Å². The molecule has 0 saturated carbocycles. The van der Waals surface area contributed by atoms with Crippen LogP contribution in [-0.2, 0) is 33.5 Å². The summed E-state index contributed by atoms with van der Waals surface area (Å²) in [5, 5.41) is 8.08. The molecule has 2 saturated heterocycles. The first-order valence-corrected chi connectivity index (χ1v) is 20.3. The Morgan fingerprint density at radius 1 is 0.646 bits per heavy atom. The molecule has 1 aromatic heterocycles. The lowest BCUT2D eigenvalue weighted by Crippen LogP contribution is -2.48. The van der Waals surface area contributed by atoms with Crippen LogP contribution in [0.3, 0.4) is 0 Å². The van der Waals surface area contributed by atoms with E-state index in [1.54, 1.807) is 61.3 Å². The highest BCUT2D eigenvalue weighted by atomic mass is 19.4. The molecule has 0 unspecified atom stereocenters. The maximum absolute atomic E-state index is 13.3. The minimum Gasteiger partial charge on any atom is -0.413 e. The number of halogens is 6. The molecule has 5 amide bonds. The van der Waals surface area contributed by atoms with E-state index in [9.17, 15) is 45.5 Å². The molecule has 20 heteroatoms. The van der Waals surface area contributed by atoms with E-state index in [-0.39, 0.29) is 36.6 Å². The van der Waals surface area contributed by atoms with Crippen LogP contribution in [0.5, 0.6) is 0 Å². The Balaban J connectivity index is 0.000000215. The largest absolute Gasteiger partial charge is 0.471 e. The van der Waals surface area contributed by atoms with Crippen LogP contribution >= 0.6 is 0 Å². The van der Waals surface area contributed by atoms with Gasteiger partial charge in [0, 0.05) is 48.7 Å². The molecule has 0 bridgehead atoms. The second-order valence-corrected chi connectivity index (χ2v) is 15.0. The second-order valence-electron chi connectivity index (χ2n) is 15.0. The Morgan fingerprint density at radius 2 is 1.11 bits per heavy atom. The van der Waals surface area contributed by atoms with E-state index in [1.165, 1.54) is 12.1 Å². The standard InChI is InChI=1S/C23H24F3N3O4.C22H21F3N4O3/c1-16-3-2-4-19(13-16)29(22(32)28-9-11-33-12-10-28)15-17-5-7-18(8-6-17)20(30)14-27-21(31)23(24,25)26;1-15-3-2-4-18(13-15)29(21(30)28-9-11-31-12-10-28)14-16-5-7-17(8-6-16)19-26-27-20(32-19)22(23,24)25/h2-8,13H,9-12,14-15H2,1H3,(H,27,31);2-8,13H,9-12,14H2,1H3.